The first-order chi connectivity index (χ1) is 7.27. The van der Waals surface area contributed by atoms with Gasteiger partial charge in [0.15, 0.2) is 0 Å². The van der Waals surface area contributed by atoms with Crippen LogP contribution in [0.4, 0.5) is 4.39 Å². The third kappa shape index (κ3) is 2.93. The minimum atomic E-state index is -0.274. The Balaban J connectivity index is 0.00000128. The second kappa shape index (κ2) is 5.82. The zero-order chi connectivity index (χ0) is 10.7. The van der Waals surface area contributed by atoms with Crippen LogP contribution in [0.2, 0.25) is 0 Å². The van der Waals surface area contributed by atoms with Gasteiger partial charge in [0.25, 0.3) is 0 Å². The highest BCUT2D eigenvalue weighted by Crippen LogP contribution is 2.07. The fourth-order valence-electron chi connectivity index (χ4n) is 1.44. The van der Waals surface area contributed by atoms with Crippen LogP contribution < -0.4 is 10.6 Å². The molecular weight excluding hydrogens is 231 g/mol. The summed E-state index contributed by atoms with van der Waals surface area (Å²) in [6.45, 7) is 1.72. The number of amides is 1. The molecule has 0 bridgehead atoms. The van der Waals surface area contributed by atoms with Crippen molar-refractivity contribution < 1.29 is 9.18 Å². The van der Waals surface area contributed by atoms with E-state index in [1.165, 1.54) is 6.07 Å². The topological polar surface area (TPSA) is 41.1 Å². The average Bonchev–Trinajstić information content (AvgIpc) is 2.14. The summed E-state index contributed by atoms with van der Waals surface area (Å²) in [5.41, 5.74) is 0.526. The lowest BCUT2D eigenvalue weighted by Crippen LogP contribution is -2.50. The molecule has 0 aliphatic carbocycles. The summed E-state index contributed by atoms with van der Waals surface area (Å²) < 4.78 is 13.2. The molecule has 0 saturated carbocycles. The van der Waals surface area contributed by atoms with Crippen LogP contribution in [0.5, 0.6) is 0 Å². The molecule has 1 amide bonds. The van der Waals surface area contributed by atoms with Gasteiger partial charge in [-0.25, -0.2) is 4.39 Å². The number of nitrogens with one attached hydrogen (secondary N) is 2. The highest BCUT2D eigenvalue weighted by molar-refractivity contribution is 5.85. The molecule has 0 atom stereocenters. The van der Waals surface area contributed by atoms with Crippen molar-refractivity contribution in [1.29, 1.82) is 0 Å². The van der Waals surface area contributed by atoms with Gasteiger partial charge in [-0.15, -0.1) is 12.4 Å². The maximum atomic E-state index is 13.2. The van der Waals surface area contributed by atoms with Gasteiger partial charge < -0.3 is 10.6 Å². The summed E-state index contributed by atoms with van der Waals surface area (Å²) in [7, 11) is 0. The quantitative estimate of drug-likeness (QED) is 0.836. The Morgan fingerprint density at radius 1 is 1.44 bits per heavy atom. The molecule has 3 nitrogen and oxygen atoms in total. The second-order valence-corrected chi connectivity index (χ2v) is 3.66. The molecule has 1 aromatic carbocycles. The fourth-order valence-corrected chi connectivity index (χ4v) is 1.44. The van der Waals surface area contributed by atoms with Crippen LogP contribution in [0.25, 0.3) is 0 Å². The van der Waals surface area contributed by atoms with Crippen molar-refractivity contribution in [2.24, 2.45) is 5.92 Å². The Morgan fingerprint density at radius 3 is 2.69 bits per heavy atom. The monoisotopic (exact) mass is 244 g/mol. The normalized spacial score (nSPS) is 14.8. The standard InChI is InChI=1S/C11H13FN2O.ClH/c12-10-4-2-1-3-8(10)7-14-11(15)9-5-13-6-9;/h1-4,9,13H,5-7H2,(H,14,15);1H. The minimum absolute atomic E-state index is 0. The largest absolute Gasteiger partial charge is 0.352 e. The van der Waals surface area contributed by atoms with E-state index >= 15 is 0 Å². The van der Waals surface area contributed by atoms with Crippen LogP contribution in [-0.2, 0) is 11.3 Å². The SMILES string of the molecule is Cl.O=C(NCc1ccccc1F)C1CNC1. The highest BCUT2D eigenvalue weighted by atomic mass is 35.5. The lowest BCUT2D eigenvalue weighted by atomic mass is 10.0. The molecule has 0 unspecified atom stereocenters. The van der Waals surface area contributed by atoms with Crippen molar-refractivity contribution in [2.45, 2.75) is 6.54 Å². The molecule has 0 radical (unpaired) electrons. The summed E-state index contributed by atoms with van der Waals surface area (Å²) >= 11 is 0. The van der Waals surface area contributed by atoms with Gasteiger partial charge in [-0.05, 0) is 6.07 Å². The van der Waals surface area contributed by atoms with Gasteiger partial charge in [0.1, 0.15) is 5.82 Å². The summed E-state index contributed by atoms with van der Waals surface area (Å²) in [6, 6.07) is 6.47. The van der Waals surface area contributed by atoms with E-state index in [0.717, 1.165) is 13.1 Å². The maximum absolute atomic E-state index is 13.2. The molecular formula is C11H14ClFN2O. The average molecular weight is 245 g/mol. The van der Waals surface area contributed by atoms with Crippen LogP contribution in [0, 0.1) is 11.7 Å². The summed E-state index contributed by atoms with van der Waals surface area (Å²) in [4.78, 5) is 11.4. The van der Waals surface area contributed by atoms with E-state index in [1.807, 2.05) is 0 Å². The Bertz CT molecular complexity index is 369. The van der Waals surface area contributed by atoms with Crippen molar-refractivity contribution in [3.63, 3.8) is 0 Å². The summed E-state index contributed by atoms with van der Waals surface area (Å²) in [5, 5.41) is 5.74. The van der Waals surface area contributed by atoms with Crippen LogP contribution in [-0.4, -0.2) is 19.0 Å². The molecule has 1 fully saturated rings. The number of hydrogen-bond acceptors (Lipinski definition) is 2. The molecule has 1 aliphatic rings. The Kier molecular flexibility index (Phi) is 4.71. The van der Waals surface area contributed by atoms with Gasteiger partial charge in [-0.3, -0.25) is 4.79 Å². The summed E-state index contributed by atoms with van der Waals surface area (Å²) in [6.07, 6.45) is 0. The molecule has 16 heavy (non-hydrogen) atoms. The molecule has 5 heteroatoms. The first-order valence-electron chi connectivity index (χ1n) is 4.99. The van der Waals surface area contributed by atoms with Crippen LogP contribution in [0.15, 0.2) is 24.3 Å². The fraction of sp³-hybridized carbons (Fsp3) is 0.364. The van der Waals surface area contributed by atoms with Gasteiger partial charge in [-0.1, -0.05) is 18.2 Å². The zero-order valence-corrected chi connectivity index (χ0v) is 9.52. The molecule has 1 aromatic rings. The smallest absolute Gasteiger partial charge is 0.225 e. The van der Waals surface area contributed by atoms with Crippen molar-refractivity contribution in [2.75, 3.05) is 13.1 Å². The van der Waals surface area contributed by atoms with Crippen LogP contribution >= 0.6 is 12.4 Å². The van der Waals surface area contributed by atoms with E-state index in [4.69, 9.17) is 0 Å². The predicted molar refractivity (Wildman–Crippen MR) is 61.9 cm³/mol. The second-order valence-electron chi connectivity index (χ2n) is 3.66. The lowest BCUT2D eigenvalue weighted by Gasteiger charge is -2.25. The van der Waals surface area contributed by atoms with Crippen molar-refractivity contribution in [3.8, 4) is 0 Å². The van der Waals surface area contributed by atoms with Crippen molar-refractivity contribution in [1.82, 2.24) is 10.6 Å². The van der Waals surface area contributed by atoms with Crippen molar-refractivity contribution in [3.05, 3.63) is 35.6 Å². The van der Waals surface area contributed by atoms with Gasteiger partial charge in [0, 0.05) is 25.2 Å². The first kappa shape index (κ1) is 12.9. The minimum Gasteiger partial charge on any atom is -0.352 e. The third-order valence-corrected chi connectivity index (χ3v) is 2.56. The molecule has 0 aromatic heterocycles. The summed E-state index contributed by atoms with van der Waals surface area (Å²) in [5.74, 6) is -0.224. The van der Waals surface area contributed by atoms with E-state index in [1.54, 1.807) is 18.2 Å². The van der Waals surface area contributed by atoms with Gasteiger partial charge in [0.2, 0.25) is 5.91 Å². The predicted octanol–water partition coefficient (Wildman–Crippen LogP) is 1.08. The first-order valence-corrected chi connectivity index (χ1v) is 4.99. The molecule has 2 rings (SSSR count). The van der Waals surface area contributed by atoms with E-state index in [9.17, 15) is 9.18 Å². The van der Waals surface area contributed by atoms with Gasteiger partial charge >= 0.3 is 0 Å². The van der Waals surface area contributed by atoms with Gasteiger partial charge in [0.05, 0.1) is 5.92 Å². The number of carbonyl (C=O) groups is 1. The lowest BCUT2D eigenvalue weighted by molar-refractivity contribution is -0.126. The Hall–Kier alpha value is -1.13. The maximum Gasteiger partial charge on any atom is 0.225 e. The number of benzene rings is 1. The number of rotatable bonds is 3. The van der Waals surface area contributed by atoms with Crippen molar-refractivity contribution >= 4 is 18.3 Å². The molecule has 1 aliphatic heterocycles. The third-order valence-electron chi connectivity index (χ3n) is 2.56. The molecule has 1 heterocycles. The Labute approximate surface area is 99.8 Å². The van der Waals surface area contributed by atoms with Crippen LogP contribution in [0.1, 0.15) is 5.56 Å². The number of carbonyl (C=O) groups excluding carboxylic acids is 1. The molecule has 88 valence electrons. The number of halogens is 2. The van der Waals surface area contributed by atoms with Crippen LogP contribution in [0.3, 0.4) is 0 Å². The van der Waals surface area contributed by atoms with Gasteiger partial charge in [-0.2, -0.15) is 0 Å². The number of hydrogen-bond donors (Lipinski definition) is 2. The Morgan fingerprint density at radius 2 is 2.12 bits per heavy atom. The molecule has 1 saturated heterocycles. The van der Waals surface area contributed by atoms with E-state index in [2.05, 4.69) is 10.6 Å². The molecule has 2 N–H and O–H groups in total. The highest BCUT2D eigenvalue weighted by Gasteiger charge is 2.24. The van der Waals surface area contributed by atoms with E-state index < -0.39 is 0 Å². The molecule has 0 spiro atoms. The van der Waals surface area contributed by atoms with E-state index in [0.29, 0.717) is 5.56 Å². The zero-order valence-electron chi connectivity index (χ0n) is 8.70. The van der Waals surface area contributed by atoms with E-state index in [-0.39, 0.29) is 36.6 Å².